The minimum Gasteiger partial charge on any atom is -0.778 e. The number of benzene rings is 3. The van der Waals surface area contributed by atoms with Gasteiger partial charge in [-0.25, -0.2) is 4.68 Å². The summed E-state index contributed by atoms with van der Waals surface area (Å²) in [7, 11) is -3.71. The predicted molar refractivity (Wildman–Crippen MR) is 194 cm³/mol. The van der Waals surface area contributed by atoms with Gasteiger partial charge in [-0.15, -0.1) is 0 Å². The fourth-order valence-electron chi connectivity index (χ4n) is 3.32. The fraction of sp³-hybridized carbons (Fsp3) is 0.214. The highest BCUT2D eigenvalue weighted by atomic mass is 35.5. The van der Waals surface area contributed by atoms with Gasteiger partial charge < -0.3 is 35.7 Å². The Hall–Kier alpha value is -4.34. The quantitative estimate of drug-likeness (QED) is 0.0427. The number of nitro benzene ring substituents is 1. The number of anilines is 2. The number of carboxylic acids is 1. The van der Waals surface area contributed by atoms with E-state index >= 15 is 0 Å². The molecule has 25 heteroatoms. The highest BCUT2D eigenvalue weighted by Gasteiger charge is 2.33. The molecule has 0 saturated heterocycles. The lowest BCUT2D eigenvalue weighted by atomic mass is 10.2. The number of nitrogen functional groups attached to an aromatic ring is 2. The van der Waals surface area contributed by atoms with Crippen molar-refractivity contribution in [3.8, 4) is 17.2 Å². The van der Waals surface area contributed by atoms with Gasteiger partial charge in [-0.3, -0.25) is 30.3 Å². The molecule has 0 amide bonds. The molecule has 1 unspecified atom stereocenters. The van der Waals surface area contributed by atoms with E-state index in [9.17, 15) is 47.7 Å². The van der Waals surface area contributed by atoms with Crippen LogP contribution < -0.4 is 26.4 Å². The molecule has 0 aliphatic carbocycles. The van der Waals surface area contributed by atoms with Crippen LogP contribution in [0.25, 0.3) is 5.69 Å². The van der Waals surface area contributed by atoms with E-state index in [4.69, 9.17) is 61.0 Å². The number of nitrogens with two attached hydrogens (primary N) is 2. The van der Waals surface area contributed by atoms with Gasteiger partial charge in [-0.1, -0.05) is 53.0 Å². The van der Waals surface area contributed by atoms with E-state index in [2.05, 4.69) is 23.9 Å². The lowest BCUT2D eigenvalue weighted by molar-refractivity contribution is -0.384. The Morgan fingerprint density at radius 3 is 1.94 bits per heavy atom. The molecule has 0 spiro atoms. The van der Waals surface area contributed by atoms with E-state index < -0.39 is 59.5 Å². The molecule has 4 aromatic rings. The second-order valence-corrected chi connectivity index (χ2v) is 15.4. The van der Waals surface area contributed by atoms with E-state index in [0.29, 0.717) is 28.8 Å². The van der Waals surface area contributed by atoms with Crippen molar-refractivity contribution in [2.75, 3.05) is 43.1 Å². The van der Waals surface area contributed by atoms with Crippen molar-refractivity contribution in [1.29, 1.82) is 0 Å². The Balaban J connectivity index is 0.000000398. The molecule has 0 saturated carbocycles. The monoisotopic (exact) mass is 849 g/mol. The third-order valence-electron chi connectivity index (χ3n) is 5.42. The van der Waals surface area contributed by atoms with Crippen LogP contribution in [0, 0.1) is 20.2 Å². The Kier molecular flexibility index (Phi) is 18.3. The molecular formula is C28H30Cl3F3N7O10PS. The molecule has 0 fully saturated rings. The van der Waals surface area contributed by atoms with Crippen molar-refractivity contribution in [3.05, 3.63) is 102 Å². The van der Waals surface area contributed by atoms with Gasteiger partial charge in [-0.05, 0) is 41.2 Å². The molecule has 53 heavy (non-hydrogen) atoms. The van der Waals surface area contributed by atoms with Crippen molar-refractivity contribution in [2.24, 2.45) is 0 Å². The van der Waals surface area contributed by atoms with Crippen LogP contribution in [0.2, 0.25) is 15.1 Å². The van der Waals surface area contributed by atoms with E-state index in [1.807, 2.05) is 11.4 Å². The van der Waals surface area contributed by atoms with Crippen molar-refractivity contribution in [3.63, 3.8) is 0 Å². The molecule has 1 atom stereocenters. The van der Waals surface area contributed by atoms with Crippen LogP contribution >= 0.6 is 42.4 Å². The van der Waals surface area contributed by atoms with Gasteiger partial charge >= 0.3 is 17.8 Å². The maximum atomic E-state index is 12.6. The smallest absolute Gasteiger partial charge is 0.416 e. The zero-order chi connectivity index (χ0) is 40.8. The minimum atomic E-state index is -4.63. The minimum absolute atomic E-state index is 0.0352. The average Bonchev–Trinajstić information content (AvgIpc) is 3.39. The molecule has 1 aromatic heterocycles. The predicted octanol–water partition coefficient (Wildman–Crippen LogP) is 5.97. The first-order valence-corrected chi connectivity index (χ1v) is 19.2. The number of nitrogens with zero attached hydrogens (tertiary/aromatic N) is 4. The van der Waals surface area contributed by atoms with Gasteiger partial charge in [-0.2, -0.15) is 18.3 Å². The van der Waals surface area contributed by atoms with Crippen LogP contribution in [-0.4, -0.2) is 67.2 Å². The van der Waals surface area contributed by atoms with Crippen molar-refractivity contribution >= 4 is 82.1 Å². The van der Waals surface area contributed by atoms with Crippen LogP contribution in [0.1, 0.15) is 5.56 Å². The normalized spacial score (nSPS) is 11.8. The van der Waals surface area contributed by atoms with E-state index in [1.165, 1.54) is 12.1 Å². The number of alkyl halides is 3. The summed E-state index contributed by atoms with van der Waals surface area (Å²) in [5.41, 5.74) is 9.03. The maximum Gasteiger partial charge on any atom is 0.416 e. The molecule has 0 radical (unpaired) electrons. The molecule has 0 bridgehead atoms. The first-order valence-electron chi connectivity index (χ1n) is 13.8. The van der Waals surface area contributed by atoms with Crippen LogP contribution in [0.5, 0.6) is 11.5 Å². The van der Waals surface area contributed by atoms with Gasteiger partial charge in [0.25, 0.3) is 5.69 Å². The number of para-hydroxylation sites is 1. The Morgan fingerprint density at radius 1 is 1.02 bits per heavy atom. The first kappa shape index (κ1) is 46.7. The summed E-state index contributed by atoms with van der Waals surface area (Å²) < 4.78 is 54.1. The molecule has 290 valence electrons. The molecule has 17 nitrogen and oxygen atoms in total. The second kappa shape index (κ2) is 20.8. The van der Waals surface area contributed by atoms with Gasteiger partial charge in [0.15, 0.2) is 0 Å². The summed E-state index contributed by atoms with van der Waals surface area (Å²) >= 11 is 17.5. The highest BCUT2D eigenvalue weighted by molar-refractivity contribution is 7.94. The number of hydrogen-bond donors (Lipinski definition) is 5. The third kappa shape index (κ3) is 16.1. The molecule has 7 N–H and O–H groups in total. The number of nitrogens with one attached hydrogen (secondary N) is 1. The number of aliphatic carboxylic acids is 1. The number of halogens is 6. The SMILES string of the molecule is C[S+](C)C.Nc1c([N+](=O)[O-])ccc(Oc2ccccc2)c1Cl.Nc1c([N+](=O)[O-])cnn1-c1c(Cl)cc(C(F)(F)F)cc1Cl.O=C(O)CNCP(=O)([O-])O. The Labute approximate surface area is 316 Å². The summed E-state index contributed by atoms with van der Waals surface area (Å²) in [6.07, 6.45) is 2.09. The lowest BCUT2D eigenvalue weighted by Gasteiger charge is -2.14. The molecule has 4 rings (SSSR count). The number of carbonyl (C=O) groups is 1. The van der Waals surface area contributed by atoms with E-state index in [-0.39, 0.29) is 37.9 Å². The Bertz CT molecular complexity index is 1910. The fourth-order valence-corrected chi connectivity index (χ4v) is 4.56. The second-order valence-electron chi connectivity index (χ2n) is 10.2. The van der Waals surface area contributed by atoms with Crippen LogP contribution in [0.4, 0.5) is 36.1 Å². The number of rotatable bonds is 9. The van der Waals surface area contributed by atoms with Crippen molar-refractivity contribution < 1.29 is 52.0 Å². The Morgan fingerprint density at radius 2 is 1.53 bits per heavy atom. The number of hydrogen-bond acceptors (Lipinski definition) is 12. The third-order valence-corrected chi connectivity index (χ3v) is 7.01. The lowest BCUT2D eigenvalue weighted by Crippen LogP contribution is -2.25. The molecule has 0 aliphatic rings. The number of carboxylic acid groups (broad SMARTS) is 1. The van der Waals surface area contributed by atoms with Gasteiger partial charge in [0.2, 0.25) is 5.82 Å². The molecule has 1 heterocycles. The van der Waals surface area contributed by atoms with Crippen LogP contribution in [0.3, 0.4) is 0 Å². The van der Waals surface area contributed by atoms with Gasteiger partial charge in [0.05, 0.1) is 57.1 Å². The topological polar surface area (TPSA) is 275 Å². The standard InChI is InChI=1S/C12H9ClN2O3.C10H5Cl2F3N4O2.C3H8NO5P.C3H9S/c13-11-10(18-8-4-2-1-3-5-8)7-6-9(12(11)14)15(16)17;11-5-1-4(10(13,14)15)2-6(12)8(5)18-9(16)7(3-17-18)19(20)21;5-3(6)1-4-2-10(7,8)9;1-4(2)3/h1-7H,14H2;1-3H,16H2;4H,1-2H2,(H,5,6)(H2,7,8,9);1-3H3/q;;;+1/p-1. The maximum absolute atomic E-state index is 12.6. The van der Waals surface area contributed by atoms with E-state index in [1.54, 1.807) is 24.3 Å². The van der Waals surface area contributed by atoms with Crippen molar-refractivity contribution in [1.82, 2.24) is 15.1 Å². The summed E-state index contributed by atoms with van der Waals surface area (Å²) in [4.78, 5) is 47.7. The first-order chi connectivity index (χ1) is 24.4. The zero-order valence-electron chi connectivity index (χ0n) is 27.4. The number of ether oxygens (including phenoxy) is 1. The summed E-state index contributed by atoms with van der Waals surface area (Å²) in [5.74, 6) is -0.712. The number of nitro groups is 2. The summed E-state index contributed by atoms with van der Waals surface area (Å²) in [6.45, 7) is -0.479. The van der Waals surface area contributed by atoms with E-state index in [0.717, 1.165) is 10.9 Å². The molecule has 0 aliphatic heterocycles. The summed E-state index contributed by atoms with van der Waals surface area (Å²) in [6, 6.07) is 12.9. The van der Waals surface area contributed by atoms with Crippen LogP contribution in [-0.2, 0) is 26.4 Å². The summed E-state index contributed by atoms with van der Waals surface area (Å²) in [5, 5.41) is 34.2. The van der Waals surface area contributed by atoms with Gasteiger partial charge in [0.1, 0.15) is 41.7 Å². The van der Waals surface area contributed by atoms with Gasteiger partial charge in [0, 0.05) is 6.07 Å². The average molecular weight is 851 g/mol. The zero-order valence-corrected chi connectivity index (χ0v) is 31.4. The number of aromatic nitrogens is 2. The highest BCUT2D eigenvalue weighted by Crippen LogP contribution is 2.40. The molecule has 3 aromatic carbocycles. The van der Waals surface area contributed by atoms with Crippen LogP contribution in [0.15, 0.2) is 60.8 Å². The molecular weight excluding hydrogens is 821 g/mol. The van der Waals surface area contributed by atoms with Crippen molar-refractivity contribution in [2.45, 2.75) is 6.18 Å². The largest absolute Gasteiger partial charge is 0.778 e.